The molecule has 110 valence electrons. The fourth-order valence-electron chi connectivity index (χ4n) is 2.37. The molecule has 0 saturated carbocycles. The van der Waals surface area contributed by atoms with Crippen molar-refractivity contribution in [2.24, 2.45) is 5.73 Å². The lowest BCUT2D eigenvalue weighted by atomic mass is 10.0. The Morgan fingerprint density at radius 2 is 1.90 bits per heavy atom. The molecule has 0 saturated heterocycles. The van der Waals surface area contributed by atoms with E-state index in [4.69, 9.17) is 10.5 Å². The number of rotatable bonds is 7. The number of hydrogen-bond acceptors (Lipinski definition) is 2. The summed E-state index contributed by atoms with van der Waals surface area (Å²) in [5, 5.41) is 0. The largest absolute Gasteiger partial charge is 0.493 e. The molecular weight excluding hydrogens is 258 g/mol. The van der Waals surface area contributed by atoms with Crippen LogP contribution in [0.2, 0.25) is 0 Å². The van der Waals surface area contributed by atoms with Gasteiger partial charge in [0.25, 0.3) is 0 Å². The maximum Gasteiger partial charge on any atom is 0.127 e. The zero-order valence-electron chi connectivity index (χ0n) is 12.6. The Bertz CT molecular complexity index is 575. The van der Waals surface area contributed by atoms with Crippen LogP contribution in [0.25, 0.3) is 0 Å². The van der Waals surface area contributed by atoms with Crippen molar-refractivity contribution < 1.29 is 4.74 Å². The molecule has 0 fully saturated rings. The summed E-state index contributed by atoms with van der Waals surface area (Å²) in [6, 6.07) is 16.5. The van der Waals surface area contributed by atoms with Crippen LogP contribution in [0, 0.1) is 0 Å². The maximum absolute atomic E-state index is 6.06. The molecule has 0 radical (unpaired) electrons. The van der Waals surface area contributed by atoms with Crippen molar-refractivity contribution in [3.8, 4) is 5.75 Å². The van der Waals surface area contributed by atoms with Gasteiger partial charge in [-0.3, -0.25) is 0 Å². The highest BCUT2D eigenvalue weighted by Gasteiger charge is 2.12. The van der Waals surface area contributed by atoms with Crippen molar-refractivity contribution in [3.05, 3.63) is 77.9 Å². The Balaban J connectivity index is 2.11. The van der Waals surface area contributed by atoms with Crippen molar-refractivity contribution >= 4 is 0 Å². The predicted octanol–water partition coefficient (Wildman–Crippen LogP) is 4.06. The first-order valence-corrected chi connectivity index (χ1v) is 7.37. The molecular formula is C19H23NO. The van der Waals surface area contributed by atoms with Gasteiger partial charge >= 0.3 is 0 Å². The molecule has 1 atom stereocenters. The minimum Gasteiger partial charge on any atom is -0.493 e. The zero-order valence-corrected chi connectivity index (χ0v) is 12.6. The van der Waals surface area contributed by atoms with Crippen LogP contribution in [0.5, 0.6) is 5.75 Å². The molecule has 0 aliphatic carbocycles. The third kappa shape index (κ3) is 4.20. The summed E-state index contributed by atoms with van der Waals surface area (Å²) in [5.41, 5.74) is 9.54. The van der Waals surface area contributed by atoms with E-state index in [1.807, 2.05) is 43.3 Å². The lowest BCUT2D eigenvalue weighted by molar-refractivity contribution is 0.314. The van der Waals surface area contributed by atoms with E-state index in [2.05, 4.69) is 24.8 Å². The van der Waals surface area contributed by atoms with E-state index in [1.165, 1.54) is 5.56 Å². The second-order valence-electron chi connectivity index (χ2n) is 5.20. The molecule has 2 heteroatoms. The average molecular weight is 281 g/mol. The number of para-hydroxylation sites is 1. The summed E-state index contributed by atoms with van der Waals surface area (Å²) in [6.45, 7) is 6.45. The zero-order chi connectivity index (χ0) is 15.1. The van der Waals surface area contributed by atoms with Crippen LogP contribution >= 0.6 is 0 Å². The first-order valence-electron chi connectivity index (χ1n) is 7.37. The van der Waals surface area contributed by atoms with Gasteiger partial charge in [-0.1, -0.05) is 54.6 Å². The van der Waals surface area contributed by atoms with E-state index >= 15 is 0 Å². The highest BCUT2D eigenvalue weighted by atomic mass is 16.5. The van der Waals surface area contributed by atoms with Crippen molar-refractivity contribution in [2.75, 3.05) is 6.61 Å². The predicted molar refractivity (Wildman–Crippen MR) is 88.6 cm³/mol. The molecule has 0 bridgehead atoms. The lowest BCUT2D eigenvalue weighted by Gasteiger charge is -2.17. The van der Waals surface area contributed by atoms with E-state index in [9.17, 15) is 0 Å². The SMILES string of the molecule is C=CCc1cccc(C(C)N)c1OCCc1ccccc1. The Morgan fingerprint density at radius 3 is 2.57 bits per heavy atom. The van der Waals surface area contributed by atoms with Gasteiger partial charge in [0.15, 0.2) is 0 Å². The van der Waals surface area contributed by atoms with Gasteiger partial charge in [-0.2, -0.15) is 0 Å². The Labute approximate surface area is 127 Å². The number of hydrogen-bond donors (Lipinski definition) is 1. The molecule has 0 heterocycles. The molecule has 2 aromatic carbocycles. The fraction of sp³-hybridized carbons (Fsp3) is 0.263. The molecule has 2 rings (SSSR count). The van der Waals surface area contributed by atoms with Gasteiger partial charge in [-0.25, -0.2) is 0 Å². The molecule has 2 nitrogen and oxygen atoms in total. The molecule has 2 aromatic rings. The normalized spacial score (nSPS) is 11.9. The van der Waals surface area contributed by atoms with E-state index in [0.717, 1.165) is 29.7 Å². The summed E-state index contributed by atoms with van der Waals surface area (Å²) in [4.78, 5) is 0. The van der Waals surface area contributed by atoms with Gasteiger partial charge in [0.05, 0.1) is 6.61 Å². The molecule has 2 N–H and O–H groups in total. The van der Waals surface area contributed by atoms with Gasteiger partial charge < -0.3 is 10.5 Å². The van der Waals surface area contributed by atoms with Crippen LogP contribution in [-0.2, 0) is 12.8 Å². The summed E-state index contributed by atoms with van der Waals surface area (Å²) >= 11 is 0. The Hall–Kier alpha value is -2.06. The topological polar surface area (TPSA) is 35.2 Å². The summed E-state index contributed by atoms with van der Waals surface area (Å²) < 4.78 is 6.06. The van der Waals surface area contributed by atoms with Gasteiger partial charge in [-0.15, -0.1) is 6.58 Å². The van der Waals surface area contributed by atoms with Gasteiger partial charge in [-0.05, 0) is 24.5 Å². The minimum atomic E-state index is -0.0403. The van der Waals surface area contributed by atoms with Gasteiger partial charge in [0, 0.05) is 18.0 Å². The van der Waals surface area contributed by atoms with E-state index in [0.29, 0.717) is 6.61 Å². The molecule has 0 amide bonds. The minimum absolute atomic E-state index is 0.0403. The quantitative estimate of drug-likeness (QED) is 0.777. The first-order chi connectivity index (χ1) is 10.2. The summed E-state index contributed by atoms with van der Waals surface area (Å²) in [5.74, 6) is 0.920. The highest BCUT2D eigenvalue weighted by Crippen LogP contribution is 2.29. The number of ether oxygens (including phenoxy) is 1. The second-order valence-corrected chi connectivity index (χ2v) is 5.20. The van der Waals surface area contributed by atoms with Crippen LogP contribution in [0.15, 0.2) is 61.2 Å². The Kier molecular flexibility index (Phi) is 5.59. The molecule has 0 aromatic heterocycles. The number of benzene rings is 2. The van der Waals surface area contributed by atoms with Crippen LogP contribution in [0.1, 0.15) is 29.7 Å². The van der Waals surface area contributed by atoms with E-state index in [-0.39, 0.29) is 6.04 Å². The third-order valence-corrected chi connectivity index (χ3v) is 3.46. The first kappa shape index (κ1) is 15.3. The van der Waals surface area contributed by atoms with E-state index < -0.39 is 0 Å². The van der Waals surface area contributed by atoms with Crippen molar-refractivity contribution in [3.63, 3.8) is 0 Å². The molecule has 0 aliphatic rings. The van der Waals surface area contributed by atoms with Gasteiger partial charge in [0.2, 0.25) is 0 Å². The number of nitrogens with two attached hydrogens (primary N) is 1. The standard InChI is InChI=1S/C19H23NO/c1-3-8-17-11-7-12-18(15(2)20)19(17)21-14-13-16-9-5-4-6-10-16/h3-7,9-12,15H,1,8,13-14,20H2,2H3. The monoisotopic (exact) mass is 281 g/mol. The second kappa shape index (κ2) is 7.65. The number of allylic oxidation sites excluding steroid dienone is 1. The molecule has 0 aliphatic heterocycles. The van der Waals surface area contributed by atoms with Crippen molar-refractivity contribution in [1.82, 2.24) is 0 Å². The maximum atomic E-state index is 6.06. The molecule has 21 heavy (non-hydrogen) atoms. The van der Waals surface area contributed by atoms with Crippen molar-refractivity contribution in [1.29, 1.82) is 0 Å². The average Bonchev–Trinajstić information content (AvgIpc) is 2.49. The van der Waals surface area contributed by atoms with Crippen molar-refractivity contribution in [2.45, 2.75) is 25.8 Å². The fourth-order valence-corrected chi connectivity index (χ4v) is 2.37. The van der Waals surface area contributed by atoms with Gasteiger partial charge in [0.1, 0.15) is 5.75 Å². The van der Waals surface area contributed by atoms with Crippen LogP contribution in [0.4, 0.5) is 0 Å². The smallest absolute Gasteiger partial charge is 0.127 e. The summed E-state index contributed by atoms with van der Waals surface area (Å²) in [7, 11) is 0. The summed E-state index contributed by atoms with van der Waals surface area (Å²) in [6.07, 6.45) is 3.58. The third-order valence-electron chi connectivity index (χ3n) is 3.46. The van der Waals surface area contributed by atoms with E-state index in [1.54, 1.807) is 0 Å². The lowest BCUT2D eigenvalue weighted by Crippen LogP contribution is -2.11. The Morgan fingerprint density at radius 1 is 1.14 bits per heavy atom. The van der Waals surface area contributed by atoms with Crippen LogP contribution in [0.3, 0.4) is 0 Å². The molecule has 1 unspecified atom stereocenters. The van der Waals surface area contributed by atoms with Crippen LogP contribution < -0.4 is 10.5 Å². The van der Waals surface area contributed by atoms with Crippen LogP contribution in [-0.4, -0.2) is 6.61 Å². The molecule has 0 spiro atoms. The highest BCUT2D eigenvalue weighted by molar-refractivity contribution is 5.44.